The molecule has 11 heteroatoms. The number of aromatic nitrogens is 1. The smallest absolute Gasteiger partial charge is 0.271 e. The van der Waals surface area contributed by atoms with E-state index in [1.165, 1.54) is 28.9 Å². The van der Waals surface area contributed by atoms with Gasteiger partial charge in [0, 0.05) is 42.5 Å². The Morgan fingerprint density at radius 2 is 1.85 bits per heavy atom. The molecule has 5 rings (SSSR count). The lowest BCUT2D eigenvalue weighted by molar-refractivity contribution is 0.0391. The highest BCUT2D eigenvalue weighted by atomic mass is 35.5. The molecule has 0 N–H and O–H groups in total. The molecule has 1 fully saturated rings. The lowest BCUT2D eigenvalue weighted by Crippen LogP contribution is -2.43. The average molecular weight is 536 g/mol. The second kappa shape index (κ2) is 9.52. The molecule has 3 heterocycles. The van der Waals surface area contributed by atoms with E-state index in [4.69, 9.17) is 16.3 Å². The minimum Gasteiger partial charge on any atom is -0.379 e. The van der Waals surface area contributed by atoms with Crippen LogP contribution in [0.15, 0.2) is 47.4 Å². The number of halogens is 1. The lowest BCUT2D eigenvalue weighted by atomic mass is 10.2. The van der Waals surface area contributed by atoms with Gasteiger partial charge in [0.1, 0.15) is 10.4 Å². The van der Waals surface area contributed by atoms with Crippen molar-refractivity contribution in [2.24, 2.45) is 0 Å². The van der Waals surface area contributed by atoms with E-state index in [9.17, 15) is 13.2 Å². The summed E-state index contributed by atoms with van der Waals surface area (Å²) in [5, 5.41) is 1.73. The van der Waals surface area contributed by atoms with Crippen LogP contribution in [-0.2, 0) is 14.6 Å². The maximum atomic E-state index is 13.8. The minimum atomic E-state index is -3.47. The van der Waals surface area contributed by atoms with Crippen molar-refractivity contribution in [3.05, 3.63) is 52.4 Å². The fourth-order valence-electron chi connectivity index (χ4n) is 3.95. The Balaban J connectivity index is 1.56. The Hall–Kier alpha value is -2.08. The second-order valence-electron chi connectivity index (χ2n) is 8.02. The summed E-state index contributed by atoms with van der Waals surface area (Å²) in [6.45, 7) is 3.96. The topological polar surface area (TPSA) is 79.8 Å². The second-order valence-corrected chi connectivity index (χ2v) is 12.4. The van der Waals surface area contributed by atoms with Crippen LogP contribution >= 0.6 is 34.3 Å². The van der Waals surface area contributed by atoms with Gasteiger partial charge in [-0.25, -0.2) is 13.4 Å². The molecule has 34 heavy (non-hydrogen) atoms. The van der Waals surface area contributed by atoms with Crippen LogP contribution in [0, 0.1) is 0 Å². The quantitative estimate of drug-likeness (QED) is 0.360. The van der Waals surface area contributed by atoms with Crippen molar-refractivity contribution in [1.82, 2.24) is 9.88 Å². The SMILES string of the molecule is CS(=O)(=O)c1cccc2sc(N(CCN3CCOCC3)C(=O)c3sc4ccccc4c3Cl)nc12. The molecule has 0 atom stereocenters. The van der Waals surface area contributed by atoms with Gasteiger partial charge in [-0.05, 0) is 18.2 Å². The maximum Gasteiger partial charge on any atom is 0.271 e. The number of sulfone groups is 1. The van der Waals surface area contributed by atoms with Crippen molar-refractivity contribution in [2.45, 2.75) is 4.90 Å². The summed E-state index contributed by atoms with van der Waals surface area (Å²) in [7, 11) is -3.47. The van der Waals surface area contributed by atoms with Crippen LogP contribution in [0.25, 0.3) is 20.3 Å². The molecule has 2 aromatic heterocycles. The third-order valence-corrected chi connectivity index (χ3v) is 9.55. The Morgan fingerprint density at radius 3 is 2.59 bits per heavy atom. The molecule has 2 aromatic carbocycles. The van der Waals surface area contributed by atoms with Crippen molar-refractivity contribution < 1.29 is 17.9 Å². The summed E-state index contributed by atoms with van der Waals surface area (Å²) in [6, 6.07) is 12.7. The van der Waals surface area contributed by atoms with Gasteiger partial charge in [0.05, 0.1) is 27.8 Å². The standard InChI is InChI=1S/C23H22ClN3O4S3/c1-34(29,30)18-8-4-7-17-20(18)25-23(33-17)27(10-9-26-11-13-31-14-12-26)22(28)21-19(24)15-5-2-3-6-16(15)32-21/h2-8H,9-14H2,1H3. The highest BCUT2D eigenvalue weighted by molar-refractivity contribution is 7.91. The monoisotopic (exact) mass is 535 g/mol. The van der Waals surface area contributed by atoms with Gasteiger partial charge < -0.3 is 4.74 Å². The highest BCUT2D eigenvalue weighted by Crippen LogP contribution is 2.38. The molecule has 0 radical (unpaired) electrons. The molecule has 0 aliphatic carbocycles. The Kier molecular flexibility index (Phi) is 6.62. The summed E-state index contributed by atoms with van der Waals surface area (Å²) >= 11 is 9.30. The van der Waals surface area contributed by atoms with Gasteiger partial charge in [0.25, 0.3) is 5.91 Å². The van der Waals surface area contributed by atoms with E-state index in [2.05, 4.69) is 9.88 Å². The van der Waals surface area contributed by atoms with Crippen LogP contribution in [0.2, 0.25) is 5.02 Å². The highest BCUT2D eigenvalue weighted by Gasteiger charge is 2.28. The first kappa shape index (κ1) is 23.7. The zero-order chi connectivity index (χ0) is 23.9. The van der Waals surface area contributed by atoms with Gasteiger partial charge in [-0.15, -0.1) is 11.3 Å². The summed E-state index contributed by atoms with van der Waals surface area (Å²) in [4.78, 5) is 22.9. The van der Waals surface area contributed by atoms with Crippen LogP contribution in [0.1, 0.15) is 9.67 Å². The largest absolute Gasteiger partial charge is 0.379 e. The molecule has 0 bridgehead atoms. The number of carbonyl (C=O) groups is 1. The number of fused-ring (bicyclic) bond motifs is 2. The molecule has 0 spiro atoms. The van der Waals surface area contributed by atoms with E-state index < -0.39 is 9.84 Å². The summed E-state index contributed by atoms with van der Waals surface area (Å²) in [5.74, 6) is -0.237. The summed E-state index contributed by atoms with van der Waals surface area (Å²) in [6.07, 6.45) is 1.17. The zero-order valence-electron chi connectivity index (χ0n) is 18.4. The first-order valence-corrected chi connectivity index (χ1v) is 14.6. The van der Waals surface area contributed by atoms with E-state index in [1.807, 2.05) is 30.3 Å². The van der Waals surface area contributed by atoms with Gasteiger partial charge in [-0.1, -0.05) is 47.2 Å². The third-order valence-electron chi connectivity index (χ3n) is 5.72. The fourth-order valence-corrected chi connectivity index (χ4v) is 7.33. The molecule has 1 amide bonds. The molecule has 7 nitrogen and oxygen atoms in total. The summed E-state index contributed by atoms with van der Waals surface area (Å²) in [5.41, 5.74) is 0.386. The molecule has 4 aromatic rings. The molecule has 1 aliphatic heterocycles. The first-order chi connectivity index (χ1) is 16.3. The Morgan fingerprint density at radius 1 is 1.12 bits per heavy atom. The van der Waals surface area contributed by atoms with E-state index in [1.54, 1.807) is 17.0 Å². The maximum absolute atomic E-state index is 13.8. The average Bonchev–Trinajstić information content (AvgIpc) is 3.40. The van der Waals surface area contributed by atoms with E-state index >= 15 is 0 Å². The number of nitrogens with zero attached hydrogens (tertiary/aromatic N) is 3. The fraction of sp³-hybridized carbons (Fsp3) is 0.304. The number of rotatable bonds is 6. The van der Waals surface area contributed by atoms with Crippen LogP contribution in [-0.4, -0.2) is 69.9 Å². The van der Waals surface area contributed by atoms with Crippen molar-refractivity contribution in [2.75, 3.05) is 50.5 Å². The van der Waals surface area contributed by atoms with Crippen LogP contribution < -0.4 is 4.90 Å². The molecule has 0 saturated carbocycles. The number of thiazole rings is 1. The molecule has 1 aliphatic rings. The Bertz CT molecular complexity index is 1480. The number of para-hydroxylation sites is 1. The van der Waals surface area contributed by atoms with Crippen molar-refractivity contribution >= 4 is 75.5 Å². The lowest BCUT2D eigenvalue weighted by Gasteiger charge is -2.29. The number of hydrogen-bond acceptors (Lipinski definition) is 8. The van der Waals surface area contributed by atoms with Gasteiger partial charge in [0.2, 0.25) is 0 Å². The number of carbonyl (C=O) groups excluding carboxylic acids is 1. The van der Waals surface area contributed by atoms with Crippen molar-refractivity contribution in [3.63, 3.8) is 0 Å². The van der Waals surface area contributed by atoms with E-state index in [-0.39, 0.29) is 10.8 Å². The van der Waals surface area contributed by atoms with E-state index in [0.29, 0.717) is 51.6 Å². The number of anilines is 1. The third kappa shape index (κ3) is 4.58. The normalized spacial score (nSPS) is 15.2. The van der Waals surface area contributed by atoms with E-state index in [0.717, 1.165) is 23.2 Å². The van der Waals surface area contributed by atoms with Crippen molar-refractivity contribution in [3.8, 4) is 0 Å². The predicted octanol–water partition coefficient (Wildman–Crippen LogP) is 4.55. The van der Waals surface area contributed by atoms with Crippen molar-refractivity contribution in [1.29, 1.82) is 0 Å². The first-order valence-electron chi connectivity index (χ1n) is 10.7. The summed E-state index contributed by atoms with van der Waals surface area (Å²) < 4.78 is 31.7. The minimum absolute atomic E-state index is 0.160. The molecule has 1 saturated heterocycles. The number of amides is 1. The van der Waals surface area contributed by atoms with Crippen LogP contribution in [0.4, 0.5) is 5.13 Å². The number of thiophene rings is 1. The van der Waals surface area contributed by atoms with Crippen LogP contribution in [0.5, 0.6) is 0 Å². The van der Waals surface area contributed by atoms with Crippen LogP contribution in [0.3, 0.4) is 0 Å². The number of morpholine rings is 1. The van der Waals surface area contributed by atoms with Gasteiger partial charge in [0.15, 0.2) is 15.0 Å². The molecular weight excluding hydrogens is 514 g/mol. The Labute approximate surface area is 210 Å². The number of hydrogen-bond donors (Lipinski definition) is 0. The number of benzene rings is 2. The van der Waals surface area contributed by atoms with Gasteiger partial charge in [-0.3, -0.25) is 14.6 Å². The molecule has 0 unspecified atom stereocenters. The number of ether oxygens (including phenoxy) is 1. The molecule has 178 valence electrons. The van der Waals surface area contributed by atoms with Gasteiger partial charge in [-0.2, -0.15) is 0 Å². The zero-order valence-corrected chi connectivity index (χ0v) is 21.6. The molecular formula is C23H22ClN3O4S3. The predicted molar refractivity (Wildman–Crippen MR) is 139 cm³/mol. The van der Waals surface area contributed by atoms with Gasteiger partial charge >= 0.3 is 0 Å².